The third-order valence-electron chi connectivity index (χ3n) is 4.49. The Morgan fingerprint density at radius 3 is 2.96 bits per heavy atom. The quantitative estimate of drug-likeness (QED) is 0.785. The highest BCUT2D eigenvalue weighted by atomic mass is 16.5. The molecule has 1 aromatic carbocycles. The molecular formula is C19H23N3O4. The van der Waals surface area contributed by atoms with Gasteiger partial charge in [-0.1, -0.05) is 6.07 Å². The Morgan fingerprint density at radius 2 is 2.15 bits per heavy atom. The molecule has 0 aliphatic carbocycles. The van der Waals surface area contributed by atoms with Crippen molar-refractivity contribution in [3.63, 3.8) is 0 Å². The average molecular weight is 357 g/mol. The van der Waals surface area contributed by atoms with Crippen LogP contribution in [0, 0.1) is 5.92 Å². The van der Waals surface area contributed by atoms with Gasteiger partial charge in [-0.2, -0.15) is 0 Å². The molecule has 7 nitrogen and oxygen atoms in total. The second kappa shape index (κ2) is 8.51. The number of methoxy groups -OCH3 is 1. The van der Waals surface area contributed by atoms with Crippen LogP contribution in [0.15, 0.2) is 47.5 Å². The second-order valence-electron chi connectivity index (χ2n) is 6.37. The van der Waals surface area contributed by atoms with E-state index in [-0.39, 0.29) is 18.4 Å². The van der Waals surface area contributed by atoms with Crippen molar-refractivity contribution in [2.75, 3.05) is 26.8 Å². The van der Waals surface area contributed by atoms with Crippen molar-refractivity contribution in [2.45, 2.75) is 19.4 Å². The van der Waals surface area contributed by atoms with E-state index in [0.717, 1.165) is 24.3 Å². The van der Waals surface area contributed by atoms with Gasteiger partial charge in [-0.3, -0.25) is 9.36 Å². The fourth-order valence-electron chi connectivity index (χ4n) is 3.09. The Bertz CT molecular complexity index is 805. The highest BCUT2D eigenvalue weighted by Crippen LogP contribution is 2.22. The van der Waals surface area contributed by atoms with E-state index in [2.05, 4.69) is 4.98 Å². The average Bonchev–Trinajstić information content (AvgIpc) is 2.68. The molecule has 1 saturated heterocycles. The zero-order valence-corrected chi connectivity index (χ0v) is 14.8. The number of carbonyl (C=O) groups is 1. The number of nitrogens with zero attached hydrogens (tertiary/aromatic N) is 3. The van der Waals surface area contributed by atoms with Crippen LogP contribution in [0.3, 0.4) is 0 Å². The van der Waals surface area contributed by atoms with Crippen molar-refractivity contribution >= 4 is 5.91 Å². The number of amides is 1. The van der Waals surface area contributed by atoms with E-state index in [0.29, 0.717) is 19.7 Å². The Hall–Kier alpha value is -2.83. The Kier molecular flexibility index (Phi) is 5.88. The van der Waals surface area contributed by atoms with Crippen LogP contribution in [-0.4, -0.2) is 47.2 Å². The monoisotopic (exact) mass is 357 g/mol. The van der Waals surface area contributed by atoms with E-state index < -0.39 is 5.69 Å². The number of ether oxygens (including phenoxy) is 2. The zero-order valence-electron chi connectivity index (χ0n) is 14.8. The lowest BCUT2D eigenvalue weighted by atomic mass is 9.99. The number of carbonyl (C=O) groups excluding carboxylic acids is 1. The molecule has 7 heteroatoms. The molecule has 3 rings (SSSR count). The minimum Gasteiger partial charge on any atom is -0.497 e. The third-order valence-corrected chi connectivity index (χ3v) is 4.49. The smallest absolute Gasteiger partial charge is 0.347 e. The largest absolute Gasteiger partial charge is 0.497 e. The lowest BCUT2D eigenvalue weighted by Gasteiger charge is -2.32. The number of aromatic nitrogens is 2. The van der Waals surface area contributed by atoms with Gasteiger partial charge in [0.1, 0.15) is 18.0 Å². The molecule has 1 atom stereocenters. The van der Waals surface area contributed by atoms with Crippen LogP contribution >= 0.6 is 0 Å². The first-order chi connectivity index (χ1) is 12.7. The summed E-state index contributed by atoms with van der Waals surface area (Å²) in [6.45, 7) is 1.92. The Morgan fingerprint density at radius 1 is 1.31 bits per heavy atom. The van der Waals surface area contributed by atoms with E-state index >= 15 is 0 Å². The van der Waals surface area contributed by atoms with Gasteiger partial charge in [0.15, 0.2) is 0 Å². The molecule has 1 amide bonds. The maximum atomic E-state index is 12.5. The van der Waals surface area contributed by atoms with Crippen LogP contribution in [0.2, 0.25) is 0 Å². The van der Waals surface area contributed by atoms with Gasteiger partial charge in [-0.15, -0.1) is 0 Å². The van der Waals surface area contributed by atoms with E-state index in [9.17, 15) is 9.59 Å². The summed E-state index contributed by atoms with van der Waals surface area (Å²) in [4.78, 5) is 29.7. The first-order valence-electron chi connectivity index (χ1n) is 8.72. The summed E-state index contributed by atoms with van der Waals surface area (Å²) in [5.74, 6) is 1.72. The lowest BCUT2D eigenvalue weighted by molar-refractivity contribution is -0.133. The van der Waals surface area contributed by atoms with E-state index in [4.69, 9.17) is 9.47 Å². The molecule has 1 aromatic heterocycles. The third kappa shape index (κ3) is 4.62. The molecule has 0 spiro atoms. The summed E-state index contributed by atoms with van der Waals surface area (Å²) in [5.41, 5.74) is -0.407. The summed E-state index contributed by atoms with van der Waals surface area (Å²) in [6, 6.07) is 9.14. The summed E-state index contributed by atoms with van der Waals surface area (Å²) in [7, 11) is 1.62. The minimum atomic E-state index is -0.407. The van der Waals surface area contributed by atoms with Crippen molar-refractivity contribution in [3.05, 3.63) is 53.2 Å². The molecule has 0 bridgehead atoms. The highest BCUT2D eigenvalue weighted by molar-refractivity contribution is 5.76. The molecule has 2 heterocycles. The Balaban J connectivity index is 1.54. The number of benzene rings is 1. The molecule has 0 saturated carbocycles. The number of hydrogen-bond acceptors (Lipinski definition) is 5. The lowest BCUT2D eigenvalue weighted by Crippen LogP contribution is -2.44. The first kappa shape index (κ1) is 18.0. The predicted molar refractivity (Wildman–Crippen MR) is 96.3 cm³/mol. The maximum Gasteiger partial charge on any atom is 0.347 e. The number of likely N-dealkylation sites (tertiary alicyclic amines) is 1. The fourth-order valence-corrected chi connectivity index (χ4v) is 3.09. The maximum absolute atomic E-state index is 12.5. The summed E-state index contributed by atoms with van der Waals surface area (Å²) < 4.78 is 12.4. The SMILES string of the molecule is COc1cccc(OC[C@@H]2CCCN(C(=O)Cn3cccnc3=O)C2)c1. The van der Waals surface area contributed by atoms with E-state index in [1.165, 1.54) is 10.8 Å². The molecular weight excluding hydrogens is 334 g/mol. The van der Waals surface area contributed by atoms with Crippen LogP contribution in [0.25, 0.3) is 0 Å². The number of piperidine rings is 1. The fraction of sp³-hybridized carbons (Fsp3) is 0.421. The molecule has 0 radical (unpaired) electrons. The summed E-state index contributed by atoms with van der Waals surface area (Å²) in [6.07, 6.45) is 4.96. The molecule has 2 aromatic rings. The number of hydrogen-bond donors (Lipinski definition) is 0. The Labute approximate surface area is 152 Å². The normalized spacial score (nSPS) is 17.0. The van der Waals surface area contributed by atoms with Crippen LogP contribution in [0.1, 0.15) is 12.8 Å². The van der Waals surface area contributed by atoms with E-state index in [1.54, 1.807) is 19.4 Å². The van der Waals surface area contributed by atoms with E-state index in [1.807, 2.05) is 29.2 Å². The van der Waals surface area contributed by atoms with Gasteiger partial charge in [-0.05, 0) is 31.0 Å². The minimum absolute atomic E-state index is 0.0239. The van der Waals surface area contributed by atoms with Crippen LogP contribution in [-0.2, 0) is 11.3 Å². The number of rotatable bonds is 6. The van der Waals surface area contributed by atoms with Gasteiger partial charge < -0.3 is 14.4 Å². The molecule has 138 valence electrons. The zero-order chi connectivity index (χ0) is 18.4. The van der Waals surface area contributed by atoms with Crippen molar-refractivity contribution in [3.8, 4) is 11.5 Å². The van der Waals surface area contributed by atoms with Crippen molar-refractivity contribution in [1.82, 2.24) is 14.5 Å². The standard InChI is InChI=1S/C19H23N3O4/c1-25-16-6-2-7-17(11-16)26-14-15-5-3-9-21(12-15)18(23)13-22-10-4-8-20-19(22)24/h2,4,6-8,10-11,15H,3,5,9,12-14H2,1H3/t15-/m1/s1. The first-order valence-corrected chi connectivity index (χ1v) is 8.72. The molecule has 0 N–H and O–H groups in total. The molecule has 26 heavy (non-hydrogen) atoms. The van der Waals surface area contributed by atoms with Crippen LogP contribution in [0.5, 0.6) is 11.5 Å². The van der Waals surface area contributed by atoms with Gasteiger partial charge in [0, 0.05) is 37.5 Å². The van der Waals surface area contributed by atoms with Crippen molar-refractivity contribution < 1.29 is 14.3 Å². The highest BCUT2D eigenvalue weighted by Gasteiger charge is 2.24. The summed E-state index contributed by atoms with van der Waals surface area (Å²) >= 11 is 0. The van der Waals surface area contributed by atoms with Crippen molar-refractivity contribution in [2.24, 2.45) is 5.92 Å². The summed E-state index contributed by atoms with van der Waals surface area (Å²) in [5, 5.41) is 0. The molecule has 1 aliphatic rings. The van der Waals surface area contributed by atoms with Gasteiger partial charge in [-0.25, -0.2) is 9.78 Å². The van der Waals surface area contributed by atoms with Crippen LogP contribution in [0.4, 0.5) is 0 Å². The van der Waals surface area contributed by atoms with Crippen molar-refractivity contribution in [1.29, 1.82) is 0 Å². The molecule has 1 fully saturated rings. The topological polar surface area (TPSA) is 73.7 Å². The molecule has 0 unspecified atom stereocenters. The van der Waals surface area contributed by atoms with Crippen LogP contribution < -0.4 is 15.2 Å². The van der Waals surface area contributed by atoms with Gasteiger partial charge >= 0.3 is 5.69 Å². The molecule has 1 aliphatic heterocycles. The predicted octanol–water partition coefficient (Wildman–Crippen LogP) is 1.57. The second-order valence-corrected chi connectivity index (χ2v) is 6.37. The van der Waals surface area contributed by atoms with Gasteiger partial charge in [0.2, 0.25) is 5.91 Å². The van der Waals surface area contributed by atoms with Gasteiger partial charge in [0.25, 0.3) is 0 Å². The van der Waals surface area contributed by atoms with Gasteiger partial charge in [0.05, 0.1) is 13.7 Å².